The van der Waals surface area contributed by atoms with E-state index in [1.165, 1.54) is 9.21 Å². The minimum absolute atomic E-state index is 0.0257. The Kier molecular flexibility index (Phi) is 5.27. The van der Waals surface area contributed by atoms with Gasteiger partial charge in [0.15, 0.2) is 0 Å². The summed E-state index contributed by atoms with van der Waals surface area (Å²) in [6.45, 7) is 1.76. The molecule has 0 bridgehead atoms. The fraction of sp³-hybridized carbons (Fsp3) is 0.556. The quantitative estimate of drug-likeness (QED) is 0.828. The van der Waals surface area contributed by atoms with E-state index < -0.39 is 34.1 Å². The minimum atomic E-state index is -3.71. The number of carboxylic acid groups (broad SMARTS) is 1. The molecule has 1 N–H and O–H groups in total. The molecule has 0 radical (unpaired) electrons. The smallest absolute Gasteiger partial charge is 0.343 e. The number of alkyl halides is 1. The Morgan fingerprint density at radius 1 is 1.22 bits per heavy atom. The number of aliphatic carboxylic acids is 1. The highest BCUT2D eigenvalue weighted by atomic mass is 32.2. The van der Waals surface area contributed by atoms with E-state index in [2.05, 4.69) is 0 Å². The summed E-state index contributed by atoms with van der Waals surface area (Å²) in [4.78, 5) is 25.1. The topological polar surface area (TPSA) is 95.0 Å². The van der Waals surface area contributed by atoms with Crippen molar-refractivity contribution < 1.29 is 27.5 Å². The van der Waals surface area contributed by atoms with E-state index in [1.54, 1.807) is 24.3 Å². The van der Waals surface area contributed by atoms with Crippen LogP contribution in [-0.2, 0) is 19.6 Å². The van der Waals surface area contributed by atoms with Crippen molar-refractivity contribution in [2.45, 2.75) is 36.8 Å². The molecular weight excluding hydrogens is 375 g/mol. The third kappa shape index (κ3) is 3.84. The van der Waals surface area contributed by atoms with Crippen molar-refractivity contribution in [1.29, 1.82) is 0 Å². The number of hydrogen-bond donors (Lipinski definition) is 1. The van der Waals surface area contributed by atoms with Crippen LogP contribution in [0.3, 0.4) is 0 Å². The molecule has 3 rings (SSSR count). The number of piperidine rings is 1. The second kappa shape index (κ2) is 7.20. The van der Waals surface area contributed by atoms with Gasteiger partial charge >= 0.3 is 5.97 Å². The number of halogens is 1. The zero-order chi connectivity index (χ0) is 19.8. The van der Waals surface area contributed by atoms with Crippen LogP contribution in [0.15, 0.2) is 29.2 Å². The number of carbonyl (C=O) groups excluding carboxylic acids is 1. The van der Waals surface area contributed by atoms with Crippen LogP contribution in [0.5, 0.6) is 0 Å². The SMILES string of the molecule is Cc1ccc(S(=O)(=O)N2CCCC(C(=O)N3CCC(F)(C(=O)O)C3)C2)cc1. The summed E-state index contributed by atoms with van der Waals surface area (Å²) in [7, 11) is -3.71. The molecule has 0 saturated carbocycles. The summed E-state index contributed by atoms with van der Waals surface area (Å²) in [6, 6.07) is 6.52. The van der Waals surface area contributed by atoms with Crippen LogP contribution in [-0.4, -0.2) is 66.5 Å². The lowest BCUT2D eigenvalue weighted by molar-refractivity contribution is -0.150. The van der Waals surface area contributed by atoms with Crippen LogP contribution in [0, 0.1) is 12.8 Å². The first-order chi connectivity index (χ1) is 12.6. The molecule has 0 aliphatic carbocycles. The fourth-order valence-corrected chi connectivity index (χ4v) is 5.14. The number of rotatable bonds is 4. The first-order valence-electron chi connectivity index (χ1n) is 8.91. The zero-order valence-corrected chi connectivity index (χ0v) is 15.9. The molecule has 1 aromatic rings. The van der Waals surface area contributed by atoms with Crippen molar-refractivity contribution in [3.05, 3.63) is 29.8 Å². The molecule has 2 atom stereocenters. The monoisotopic (exact) mass is 398 g/mol. The Morgan fingerprint density at radius 2 is 1.89 bits per heavy atom. The third-order valence-corrected chi connectivity index (χ3v) is 7.19. The van der Waals surface area contributed by atoms with Gasteiger partial charge in [0.25, 0.3) is 0 Å². The lowest BCUT2D eigenvalue weighted by Crippen LogP contribution is -2.47. The van der Waals surface area contributed by atoms with E-state index >= 15 is 0 Å². The van der Waals surface area contributed by atoms with Crippen LogP contribution < -0.4 is 0 Å². The Morgan fingerprint density at radius 3 is 2.48 bits per heavy atom. The highest BCUT2D eigenvalue weighted by molar-refractivity contribution is 7.89. The maximum atomic E-state index is 14.2. The molecule has 7 nitrogen and oxygen atoms in total. The van der Waals surface area contributed by atoms with Crippen molar-refractivity contribution in [2.24, 2.45) is 5.92 Å². The largest absolute Gasteiger partial charge is 0.479 e. The molecule has 2 aliphatic rings. The predicted octanol–water partition coefficient (Wildman–Crippen LogP) is 1.42. The molecule has 2 saturated heterocycles. The first-order valence-corrected chi connectivity index (χ1v) is 10.4. The maximum Gasteiger partial charge on any atom is 0.343 e. The summed E-state index contributed by atoms with van der Waals surface area (Å²) in [5.41, 5.74) is -1.47. The number of carbonyl (C=O) groups is 2. The van der Waals surface area contributed by atoms with Gasteiger partial charge in [-0.2, -0.15) is 4.31 Å². The number of likely N-dealkylation sites (tertiary alicyclic amines) is 1. The predicted molar refractivity (Wildman–Crippen MR) is 95.3 cm³/mol. The molecule has 0 spiro atoms. The number of amides is 1. The Hall–Kier alpha value is -2.00. The zero-order valence-electron chi connectivity index (χ0n) is 15.1. The molecule has 2 unspecified atom stereocenters. The lowest BCUT2D eigenvalue weighted by atomic mass is 9.98. The molecule has 148 valence electrons. The average Bonchev–Trinajstić information content (AvgIpc) is 3.05. The summed E-state index contributed by atoms with van der Waals surface area (Å²) >= 11 is 0. The summed E-state index contributed by atoms with van der Waals surface area (Å²) in [5, 5.41) is 8.98. The van der Waals surface area contributed by atoms with Crippen LogP contribution in [0.1, 0.15) is 24.8 Å². The van der Waals surface area contributed by atoms with Crippen LogP contribution in [0.4, 0.5) is 4.39 Å². The van der Waals surface area contributed by atoms with E-state index in [0.717, 1.165) is 5.56 Å². The van der Waals surface area contributed by atoms with Gasteiger partial charge in [0.1, 0.15) is 0 Å². The third-order valence-electron chi connectivity index (χ3n) is 5.31. The number of sulfonamides is 1. The highest BCUT2D eigenvalue weighted by Gasteiger charge is 2.48. The van der Waals surface area contributed by atoms with Crippen molar-refractivity contribution in [3.63, 3.8) is 0 Å². The lowest BCUT2D eigenvalue weighted by Gasteiger charge is -2.33. The van der Waals surface area contributed by atoms with Crippen LogP contribution >= 0.6 is 0 Å². The van der Waals surface area contributed by atoms with E-state index in [-0.39, 0.29) is 30.3 Å². The normalized spacial score (nSPS) is 26.9. The van der Waals surface area contributed by atoms with Gasteiger partial charge in [0.2, 0.25) is 21.6 Å². The van der Waals surface area contributed by atoms with Gasteiger partial charge in [0, 0.05) is 26.1 Å². The molecule has 2 fully saturated rings. The Labute approximate surface area is 157 Å². The maximum absolute atomic E-state index is 14.2. The van der Waals surface area contributed by atoms with Crippen molar-refractivity contribution in [3.8, 4) is 0 Å². The van der Waals surface area contributed by atoms with Crippen molar-refractivity contribution in [1.82, 2.24) is 9.21 Å². The molecule has 27 heavy (non-hydrogen) atoms. The molecule has 2 aliphatic heterocycles. The molecule has 1 aromatic carbocycles. The second-order valence-corrected chi connectivity index (χ2v) is 9.23. The van der Waals surface area contributed by atoms with E-state index in [9.17, 15) is 22.4 Å². The first kappa shape index (κ1) is 19.8. The van der Waals surface area contributed by atoms with Gasteiger partial charge in [-0.15, -0.1) is 0 Å². The molecular formula is C18H23FN2O5S. The van der Waals surface area contributed by atoms with Gasteiger partial charge < -0.3 is 10.0 Å². The number of nitrogens with zero attached hydrogens (tertiary/aromatic N) is 2. The molecule has 9 heteroatoms. The van der Waals surface area contributed by atoms with Gasteiger partial charge in [-0.25, -0.2) is 17.6 Å². The van der Waals surface area contributed by atoms with Crippen molar-refractivity contribution in [2.75, 3.05) is 26.2 Å². The van der Waals surface area contributed by atoms with Gasteiger partial charge in [-0.05, 0) is 31.9 Å². The van der Waals surface area contributed by atoms with Gasteiger partial charge in [-0.3, -0.25) is 4.79 Å². The van der Waals surface area contributed by atoms with E-state index in [4.69, 9.17) is 5.11 Å². The van der Waals surface area contributed by atoms with E-state index in [1.807, 2.05) is 6.92 Å². The number of hydrogen-bond acceptors (Lipinski definition) is 4. The minimum Gasteiger partial charge on any atom is -0.479 e. The fourth-order valence-electron chi connectivity index (χ4n) is 3.62. The number of carboxylic acids is 1. The van der Waals surface area contributed by atoms with Crippen LogP contribution in [0.2, 0.25) is 0 Å². The molecule has 0 aromatic heterocycles. The highest BCUT2D eigenvalue weighted by Crippen LogP contribution is 2.30. The van der Waals surface area contributed by atoms with Gasteiger partial charge in [0.05, 0.1) is 17.4 Å². The van der Waals surface area contributed by atoms with Gasteiger partial charge in [-0.1, -0.05) is 17.7 Å². The standard InChI is InChI=1S/C18H23FN2O5S/c1-13-4-6-15(7-5-13)27(25,26)21-9-2-3-14(11-21)16(22)20-10-8-18(19,12-20)17(23)24/h4-7,14H,2-3,8-12H2,1H3,(H,23,24). The Bertz CT molecular complexity index is 842. The van der Waals surface area contributed by atoms with Crippen molar-refractivity contribution >= 4 is 21.9 Å². The number of aryl methyl sites for hydroxylation is 1. The summed E-state index contributed by atoms with van der Waals surface area (Å²) < 4.78 is 41.2. The second-order valence-electron chi connectivity index (χ2n) is 7.30. The Balaban J connectivity index is 1.72. The van der Waals surface area contributed by atoms with Crippen LogP contribution in [0.25, 0.3) is 0 Å². The molecule has 1 amide bonds. The summed E-state index contributed by atoms with van der Waals surface area (Å²) in [5.74, 6) is -2.53. The number of benzene rings is 1. The van der Waals surface area contributed by atoms with E-state index in [0.29, 0.717) is 19.4 Å². The molecule has 2 heterocycles. The average molecular weight is 398 g/mol. The summed E-state index contributed by atoms with van der Waals surface area (Å²) in [6.07, 6.45) is 0.781.